The Balaban J connectivity index is 2.68. The number of rotatable bonds is 4. The van der Waals surface area contributed by atoms with Crippen molar-refractivity contribution in [3.63, 3.8) is 0 Å². The molecule has 1 aromatic heterocycles. The highest BCUT2D eigenvalue weighted by Gasteiger charge is 2.02. The van der Waals surface area contributed by atoms with Crippen LogP contribution in [-0.4, -0.2) is 15.5 Å². The Morgan fingerprint density at radius 3 is 1.86 bits per heavy atom. The highest BCUT2D eigenvalue weighted by Crippen LogP contribution is 2.11. The molecule has 1 rings (SSSR count). The lowest BCUT2D eigenvalue weighted by Crippen LogP contribution is -2.02. The molecule has 0 bridgehead atoms. The first-order valence-electron chi connectivity index (χ1n) is 4.87. The first-order chi connectivity index (χ1) is 6.58. The average Bonchev–Trinajstić information content (AvgIpc) is 2.01. The van der Waals surface area contributed by atoms with Crippen molar-refractivity contribution in [1.29, 1.82) is 0 Å². The summed E-state index contributed by atoms with van der Waals surface area (Å²) >= 11 is 8.74. The molecule has 0 aromatic carbocycles. The summed E-state index contributed by atoms with van der Waals surface area (Å²) in [6.07, 6.45) is 5.79. The summed E-state index contributed by atoms with van der Waals surface area (Å²) in [6, 6.07) is 2.20. The van der Waals surface area contributed by atoms with Crippen LogP contribution in [0.4, 0.5) is 0 Å². The second-order valence-corrected chi connectivity index (χ2v) is 5.57. The van der Waals surface area contributed by atoms with E-state index in [1.54, 1.807) is 0 Å². The van der Waals surface area contributed by atoms with Gasteiger partial charge in [0.25, 0.3) is 0 Å². The molecule has 0 saturated heterocycles. The maximum Gasteiger partial charge on any atom is 0.0300 e. The normalized spacial score (nSPS) is 15.1. The third-order valence-electron chi connectivity index (χ3n) is 1.91. The lowest BCUT2D eigenvalue weighted by Gasteiger charge is -2.07. The predicted molar refractivity (Wildman–Crippen MR) is 68.5 cm³/mol. The molecule has 0 aliphatic heterocycles. The van der Waals surface area contributed by atoms with Gasteiger partial charge in [0.1, 0.15) is 0 Å². The molecule has 1 heterocycles. The van der Waals surface area contributed by atoms with Crippen LogP contribution in [0.1, 0.15) is 25.0 Å². The second kappa shape index (κ2) is 5.66. The fourth-order valence-electron chi connectivity index (χ4n) is 1.45. The Hall–Kier alpha value is -0.150. The van der Waals surface area contributed by atoms with E-state index in [0.717, 1.165) is 12.8 Å². The molecule has 0 radical (unpaired) electrons. The fourth-order valence-corrected chi connectivity index (χ4v) is 1.87. The van der Waals surface area contributed by atoms with Gasteiger partial charge in [-0.1, -0.05) is 19.9 Å². The van der Waals surface area contributed by atoms with Crippen molar-refractivity contribution in [3.05, 3.63) is 29.6 Å². The Labute approximate surface area is 97.2 Å². The van der Waals surface area contributed by atoms with Crippen LogP contribution in [0.5, 0.6) is 0 Å². The number of nitrogens with zero attached hydrogens (tertiary/aromatic N) is 1. The molecule has 0 aliphatic rings. The third-order valence-corrected chi connectivity index (χ3v) is 2.28. The minimum Gasteiger partial charge on any atom is -0.264 e. The Morgan fingerprint density at radius 1 is 1.07 bits per heavy atom. The molecule has 3 heteroatoms. The van der Waals surface area contributed by atoms with Crippen molar-refractivity contribution in [3.8, 4) is 0 Å². The first-order valence-corrected chi connectivity index (χ1v) is 5.90. The first kappa shape index (κ1) is 11.9. The predicted octanol–water partition coefficient (Wildman–Crippen LogP) is 2.80. The molecule has 0 spiro atoms. The zero-order valence-corrected chi connectivity index (χ0v) is 10.4. The number of aromatic nitrogens is 1. The SMILES string of the molecule is CC(S)Cc1cncc(CC(C)S)c1. The molecule has 14 heavy (non-hydrogen) atoms. The molecule has 2 atom stereocenters. The van der Waals surface area contributed by atoms with E-state index < -0.39 is 0 Å². The van der Waals surface area contributed by atoms with E-state index in [1.165, 1.54) is 11.1 Å². The Bertz CT molecular complexity index is 259. The standard InChI is InChI=1S/C11H17NS2/c1-8(13)3-10-5-11(4-9(2)14)7-12-6-10/h5-9,13-14H,3-4H2,1-2H3. The molecule has 1 nitrogen and oxygen atoms in total. The number of hydrogen-bond acceptors (Lipinski definition) is 3. The van der Waals surface area contributed by atoms with Crippen LogP contribution in [-0.2, 0) is 12.8 Å². The van der Waals surface area contributed by atoms with E-state index in [4.69, 9.17) is 0 Å². The number of thiol groups is 2. The third kappa shape index (κ3) is 4.38. The molecule has 0 amide bonds. The molecule has 0 N–H and O–H groups in total. The summed E-state index contributed by atoms with van der Waals surface area (Å²) in [5.74, 6) is 0. The lowest BCUT2D eigenvalue weighted by molar-refractivity contribution is 0.907. The van der Waals surface area contributed by atoms with Gasteiger partial charge in [-0.3, -0.25) is 4.98 Å². The molecule has 2 unspecified atom stereocenters. The van der Waals surface area contributed by atoms with Crippen LogP contribution in [0, 0.1) is 0 Å². The zero-order chi connectivity index (χ0) is 10.6. The number of hydrogen-bond donors (Lipinski definition) is 2. The van der Waals surface area contributed by atoms with Crippen LogP contribution in [0.15, 0.2) is 18.5 Å². The zero-order valence-electron chi connectivity index (χ0n) is 8.64. The van der Waals surface area contributed by atoms with Crippen LogP contribution < -0.4 is 0 Å². The summed E-state index contributed by atoms with van der Waals surface area (Å²) in [5, 5.41) is 0.779. The molecular formula is C11H17NS2. The fraction of sp³-hybridized carbons (Fsp3) is 0.545. The van der Waals surface area contributed by atoms with Gasteiger partial charge in [0.15, 0.2) is 0 Å². The van der Waals surface area contributed by atoms with Gasteiger partial charge in [0.2, 0.25) is 0 Å². The molecule has 0 fully saturated rings. The smallest absolute Gasteiger partial charge is 0.0300 e. The summed E-state index contributed by atoms with van der Waals surface area (Å²) in [5.41, 5.74) is 2.53. The molecule has 1 aromatic rings. The van der Waals surface area contributed by atoms with E-state index in [1.807, 2.05) is 12.4 Å². The van der Waals surface area contributed by atoms with Crippen molar-refractivity contribution in [2.75, 3.05) is 0 Å². The summed E-state index contributed by atoms with van der Waals surface area (Å²) in [4.78, 5) is 4.22. The Kier molecular flexibility index (Phi) is 4.82. The maximum absolute atomic E-state index is 4.37. The van der Waals surface area contributed by atoms with Gasteiger partial charge in [-0.2, -0.15) is 25.3 Å². The molecule has 0 saturated carbocycles. The highest BCUT2D eigenvalue weighted by atomic mass is 32.1. The average molecular weight is 227 g/mol. The van der Waals surface area contributed by atoms with Gasteiger partial charge in [0.05, 0.1) is 0 Å². The number of pyridine rings is 1. The lowest BCUT2D eigenvalue weighted by atomic mass is 10.1. The van der Waals surface area contributed by atoms with Crippen molar-refractivity contribution in [2.24, 2.45) is 0 Å². The van der Waals surface area contributed by atoms with Crippen LogP contribution in [0.2, 0.25) is 0 Å². The molecule has 78 valence electrons. The Morgan fingerprint density at radius 2 is 1.50 bits per heavy atom. The van der Waals surface area contributed by atoms with Crippen molar-refractivity contribution < 1.29 is 0 Å². The molecule has 0 aliphatic carbocycles. The largest absolute Gasteiger partial charge is 0.264 e. The maximum atomic E-state index is 4.37. The van der Waals surface area contributed by atoms with Crippen LogP contribution >= 0.6 is 25.3 Å². The monoisotopic (exact) mass is 227 g/mol. The minimum absolute atomic E-state index is 0.389. The second-order valence-electron chi connectivity index (χ2n) is 3.81. The van der Waals surface area contributed by atoms with E-state index in [2.05, 4.69) is 50.2 Å². The topological polar surface area (TPSA) is 12.9 Å². The van der Waals surface area contributed by atoms with Gasteiger partial charge in [0, 0.05) is 22.9 Å². The van der Waals surface area contributed by atoms with Crippen molar-refractivity contribution in [1.82, 2.24) is 4.98 Å². The molecular weight excluding hydrogens is 210 g/mol. The van der Waals surface area contributed by atoms with Crippen molar-refractivity contribution >= 4 is 25.3 Å². The van der Waals surface area contributed by atoms with Gasteiger partial charge in [-0.25, -0.2) is 0 Å². The van der Waals surface area contributed by atoms with Gasteiger partial charge in [-0.15, -0.1) is 0 Å². The quantitative estimate of drug-likeness (QED) is 0.754. The van der Waals surface area contributed by atoms with E-state index >= 15 is 0 Å². The van der Waals surface area contributed by atoms with Gasteiger partial charge >= 0.3 is 0 Å². The van der Waals surface area contributed by atoms with E-state index in [0.29, 0.717) is 10.5 Å². The minimum atomic E-state index is 0.389. The summed E-state index contributed by atoms with van der Waals surface area (Å²) < 4.78 is 0. The van der Waals surface area contributed by atoms with Crippen LogP contribution in [0.25, 0.3) is 0 Å². The van der Waals surface area contributed by atoms with Gasteiger partial charge in [-0.05, 0) is 24.0 Å². The highest BCUT2D eigenvalue weighted by molar-refractivity contribution is 7.81. The summed E-state index contributed by atoms with van der Waals surface area (Å²) in [7, 11) is 0. The van der Waals surface area contributed by atoms with E-state index in [-0.39, 0.29) is 0 Å². The summed E-state index contributed by atoms with van der Waals surface area (Å²) in [6.45, 7) is 4.19. The van der Waals surface area contributed by atoms with Gasteiger partial charge < -0.3 is 0 Å². The van der Waals surface area contributed by atoms with Crippen LogP contribution in [0.3, 0.4) is 0 Å². The van der Waals surface area contributed by atoms with Crippen molar-refractivity contribution in [2.45, 2.75) is 37.2 Å². The van der Waals surface area contributed by atoms with E-state index in [9.17, 15) is 0 Å².